The average Bonchev–Trinajstić information content (AvgIpc) is 3.07. The fourth-order valence-corrected chi connectivity index (χ4v) is 4.34. The van der Waals surface area contributed by atoms with Crippen LogP contribution in [0.15, 0.2) is 30.3 Å². The van der Waals surface area contributed by atoms with E-state index in [0.29, 0.717) is 33.5 Å². The van der Waals surface area contributed by atoms with Gasteiger partial charge in [0.05, 0.1) is 16.8 Å². The van der Waals surface area contributed by atoms with Crippen LogP contribution in [-0.2, 0) is 0 Å². The molecule has 0 fully saturated rings. The third-order valence-corrected chi connectivity index (χ3v) is 5.92. The molecule has 1 amide bonds. The molecule has 0 saturated heterocycles. The number of fused-ring (bicyclic) bond motifs is 1. The highest BCUT2D eigenvalue weighted by molar-refractivity contribution is 7.23. The second-order valence-electron chi connectivity index (χ2n) is 7.06. The van der Waals surface area contributed by atoms with Gasteiger partial charge in [-0.15, -0.1) is 0 Å². The van der Waals surface area contributed by atoms with E-state index in [2.05, 4.69) is 6.07 Å². The first-order valence-electron chi connectivity index (χ1n) is 8.98. The molecule has 1 aromatic heterocycles. The number of carbonyl (C=O) groups excluding carboxylic acids is 1. The highest BCUT2D eigenvalue weighted by atomic mass is 35.5. The number of aryl methyl sites for hydroxylation is 2. The van der Waals surface area contributed by atoms with Crippen molar-refractivity contribution in [2.45, 2.75) is 13.8 Å². The van der Waals surface area contributed by atoms with Crippen LogP contribution in [0, 0.1) is 13.8 Å². The zero-order valence-electron chi connectivity index (χ0n) is 16.7. The number of hydrogen-bond donors (Lipinski definition) is 0. The molecule has 7 heteroatoms. The highest BCUT2D eigenvalue weighted by Gasteiger charge is 2.23. The van der Waals surface area contributed by atoms with Gasteiger partial charge in [-0.1, -0.05) is 40.1 Å². The molecule has 148 valence electrons. The van der Waals surface area contributed by atoms with Crippen LogP contribution in [0.25, 0.3) is 10.2 Å². The largest absolute Gasteiger partial charge is 0.494 e. The summed E-state index contributed by atoms with van der Waals surface area (Å²) < 4.78 is 6.24. The van der Waals surface area contributed by atoms with Crippen LogP contribution >= 0.6 is 22.9 Å². The Morgan fingerprint density at radius 2 is 1.82 bits per heavy atom. The molecule has 0 aliphatic heterocycles. The summed E-state index contributed by atoms with van der Waals surface area (Å²) in [5.74, 6) is 0.580. The maximum absolute atomic E-state index is 13.4. The second kappa shape index (κ2) is 8.47. The van der Waals surface area contributed by atoms with Crippen molar-refractivity contribution in [3.05, 3.63) is 52.0 Å². The summed E-state index contributed by atoms with van der Waals surface area (Å²) in [6.07, 6.45) is 0. The molecular weight excluding hydrogens is 394 g/mol. The van der Waals surface area contributed by atoms with E-state index in [1.54, 1.807) is 24.1 Å². The number of amides is 1. The van der Waals surface area contributed by atoms with E-state index in [4.69, 9.17) is 21.3 Å². The number of thiazole rings is 1. The summed E-state index contributed by atoms with van der Waals surface area (Å²) in [5, 5.41) is 1.22. The number of hydrogen-bond acceptors (Lipinski definition) is 5. The van der Waals surface area contributed by atoms with Gasteiger partial charge in [0, 0.05) is 18.7 Å². The first-order chi connectivity index (χ1) is 13.3. The molecule has 0 aliphatic rings. The zero-order valence-corrected chi connectivity index (χ0v) is 18.3. The maximum atomic E-state index is 13.4. The second-order valence-corrected chi connectivity index (χ2v) is 8.44. The summed E-state index contributed by atoms with van der Waals surface area (Å²) >= 11 is 7.78. The Kier molecular flexibility index (Phi) is 6.23. The molecule has 0 radical (unpaired) electrons. The fourth-order valence-electron chi connectivity index (χ4n) is 3.06. The number of anilines is 1. The van der Waals surface area contributed by atoms with Crippen molar-refractivity contribution in [2.24, 2.45) is 0 Å². The van der Waals surface area contributed by atoms with Crippen LogP contribution < -0.4 is 9.64 Å². The molecular formula is C21H24ClN3O2S. The zero-order chi connectivity index (χ0) is 20.4. The van der Waals surface area contributed by atoms with Gasteiger partial charge in [-0.2, -0.15) is 0 Å². The van der Waals surface area contributed by atoms with Crippen molar-refractivity contribution in [3.8, 4) is 5.75 Å². The van der Waals surface area contributed by atoms with Gasteiger partial charge in [0.25, 0.3) is 5.91 Å². The van der Waals surface area contributed by atoms with Crippen molar-refractivity contribution in [3.63, 3.8) is 0 Å². The number of rotatable bonds is 6. The number of likely N-dealkylation sites (N-methyl/N-ethyl adjacent to an activating group) is 1. The summed E-state index contributed by atoms with van der Waals surface area (Å²) in [7, 11) is 5.57. The average molecular weight is 418 g/mol. The molecule has 3 aromatic rings. The molecule has 0 atom stereocenters. The first-order valence-corrected chi connectivity index (χ1v) is 10.2. The van der Waals surface area contributed by atoms with Crippen LogP contribution in [0.1, 0.15) is 21.5 Å². The Morgan fingerprint density at radius 1 is 1.14 bits per heavy atom. The van der Waals surface area contributed by atoms with Crippen molar-refractivity contribution in [2.75, 3.05) is 39.2 Å². The van der Waals surface area contributed by atoms with Crippen LogP contribution in [0.3, 0.4) is 0 Å². The Morgan fingerprint density at radius 3 is 2.43 bits per heavy atom. The van der Waals surface area contributed by atoms with Crippen LogP contribution in [0.5, 0.6) is 5.75 Å². The molecule has 0 bridgehead atoms. The Hall–Kier alpha value is -2.15. The number of benzene rings is 2. The molecule has 5 nitrogen and oxygen atoms in total. The molecule has 2 aromatic carbocycles. The lowest BCUT2D eigenvalue weighted by molar-refractivity contribution is 0.0985. The lowest BCUT2D eigenvalue weighted by atomic mass is 10.1. The molecule has 28 heavy (non-hydrogen) atoms. The Balaban J connectivity index is 2.08. The van der Waals surface area contributed by atoms with Gasteiger partial charge in [0.1, 0.15) is 11.3 Å². The molecule has 3 rings (SSSR count). The van der Waals surface area contributed by atoms with Crippen molar-refractivity contribution >= 4 is 44.2 Å². The lowest BCUT2D eigenvalue weighted by Gasteiger charge is -2.22. The molecule has 1 heterocycles. The summed E-state index contributed by atoms with van der Waals surface area (Å²) in [6.45, 7) is 5.24. The minimum Gasteiger partial charge on any atom is -0.494 e. The number of carbonyl (C=O) groups is 1. The van der Waals surface area contributed by atoms with Crippen molar-refractivity contribution in [1.29, 1.82) is 0 Å². The summed E-state index contributed by atoms with van der Waals surface area (Å²) in [5.41, 5.74) is 3.46. The van der Waals surface area contributed by atoms with Crippen molar-refractivity contribution in [1.82, 2.24) is 9.88 Å². The van der Waals surface area contributed by atoms with Crippen molar-refractivity contribution < 1.29 is 9.53 Å². The monoisotopic (exact) mass is 417 g/mol. The Bertz CT molecular complexity index is 996. The first kappa shape index (κ1) is 20.6. The Labute approximate surface area is 174 Å². The standard InChI is InChI=1S/C21H24ClN3O2S/c1-13-10-14(2)12-15(11-13)20(26)25(9-8-24(3)4)21-23-18-17(27-5)7-6-16(22)19(18)28-21/h6-7,10-12H,8-9H2,1-5H3. The SMILES string of the molecule is COc1ccc(Cl)c2sc(N(CCN(C)C)C(=O)c3cc(C)cc(C)c3)nc12. The van der Waals surface area contributed by atoms with E-state index in [9.17, 15) is 4.79 Å². The third kappa shape index (κ3) is 4.29. The smallest absolute Gasteiger partial charge is 0.260 e. The van der Waals surface area contributed by atoms with E-state index in [-0.39, 0.29) is 5.91 Å². The van der Waals surface area contributed by atoms with E-state index >= 15 is 0 Å². The normalized spacial score (nSPS) is 11.2. The topological polar surface area (TPSA) is 45.7 Å². The number of aromatic nitrogens is 1. The number of halogens is 1. The van der Waals surface area contributed by atoms with Gasteiger partial charge in [-0.25, -0.2) is 4.98 Å². The highest BCUT2D eigenvalue weighted by Crippen LogP contribution is 2.39. The van der Waals surface area contributed by atoms with E-state index < -0.39 is 0 Å². The molecule has 0 N–H and O–H groups in total. The van der Waals surface area contributed by atoms with E-state index in [1.807, 2.05) is 45.0 Å². The summed E-state index contributed by atoms with van der Waals surface area (Å²) in [4.78, 5) is 21.9. The van der Waals surface area contributed by atoms with Gasteiger partial charge < -0.3 is 9.64 Å². The van der Waals surface area contributed by atoms with E-state index in [0.717, 1.165) is 22.4 Å². The number of methoxy groups -OCH3 is 1. The third-order valence-electron chi connectivity index (χ3n) is 4.38. The summed E-state index contributed by atoms with van der Waals surface area (Å²) in [6, 6.07) is 9.48. The predicted molar refractivity (Wildman–Crippen MR) is 117 cm³/mol. The number of nitrogens with zero attached hydrogens (tertiary/aromatic N) is 3. The van der Waals surface area contributed by atoms with Gasteiger partial charge >= 0.3 is 0 Å². The van der Waals surface area contributed by atoms with Crippen LogP contribution in [0.2, 0.25) is 5.02 Å². The van der Waals surface area contributed by atoms with Crippen LogP contribution in [-0.4, -0.2) is 50.1 Å². The molecule has 0 aliphatic carbocycles. The quantitative estimate of drug-likeness (QED) is 0.578. The van der Waals surface area contributed by atoms with E-state index in [1.165, 1.54) is 11.3 Å². The van der Waals surface area contributed by atoms with Crippen LogP contribution in [0.4, 0.5) is 5.13 Å². The molecule has 0 unspecified atom stereocenters. The minimum atomic E-state index is -0.0669. The number of ether oxygens (including phenoxy) is 1. The molecule has 0 spiro atoms. The maximum Gasteiger partial charge on any atom is 0.260 e. The minimum absolute atomic E-state index is 0.0669. The fraction of sp³-hybridized carbons (Fsp3) is 0.333. The van der Waals surface area contributed by atoms with Gasteiger partial charge in [0.2, 0.25) is 0 Å². The molecule has 0 saturated carbocycles. The predicted octanol–water partition coefficient (Wildman–Crippen LogP) is 4.78. The lowest BCUT2D eigenvalue weighted by Crippen LogP contribution is -2.36. The van der Waals surface area contributed by atoms with Gasteiger partial charge in [0.15, 0.2) is 5.13 Å². The van der Waals surface area contributed by atoms with Gasteiger partial charge in [-0.3, -0.25) is 9.69 Å². The van der Waals surface area contributed by atoms with Gasteiger partial charge in [-0.05, 0) is 52.2 Å².